The lowest BCUT2D eigenvalue weighted by atomic mass is 9.88. The van der Waals surface area contributed by atoms with Gasteiger partial charge in [0.1, 0.15) is 13.2 Å². The topological polar surface area (TPSA) is 72.8 Å². The molecule has 0 saturated heterocycles. The maximum Gasteiger partial charge on any atom is 0.307 e. The monoisotopic (exact) mass is 354 g/mol. The Morgan fingerprint density at radius 1 is 1.10 bits per heavy atom. The number of ketones is 1. The van der Waals surface area contributed by atoms with E-state index < -0.39 is 17.8 Å². The van der Waals surface area contributed by atoms with E-state index >= 15 is 0 Å². The summed E-state index contributed by atoms with van der Waals surface area (Å²) in [6.07, 6.45) is 1.96. The Labute approximate surface area is 130 Å². The zero-order valence-corrected chi connectivity index (χ0v) is 12.9. The number of ether oxygens (including phenoxy) is 2. The van der Waals surface area contributed by atoms with E-state index in [1.54, 1.807) is 12.1 Å². The molecule has 0 spiro atoms. The molecule has 1 fully saturated rings. The number of rotatable bonds is 3. The Hall–Kier alpha value is -1.56. The van der Waals surface area contributed by atoms with E-state index in [9.17, 15) is 14.7 Å². The molecule has 1 aromatic carbocycles. The van der Waals surface area contributed by atoms with Crippen LogP contribution in [0.2, 0.25) is 0 Å². The lowest BCUT2D eigenvalue weighted by Crippen LogP contribution is -2.26. The van der Waals surface area contributed by atoms with Crippen molar-refractivity contribution in [1.29, 1.82) is 0 Å². The van der Waals surface area contributed by atoms with Crippen LogP contribution in [0.5, 0.6) is 11.5 Å². The third-order valence-corrected chi connectivity index (χ3v) is 4.72. The Morgan fingerprint density at radius 2 is 1.71 bits per heavy atom. The minimum atomic E-state index is -0.889. The molecule has 1 N–H and O–H groups in total. The van der Waals surface area contributed by atoms with Crippen LogP contribution in [-0.2, 0) is 4.79 Å². The lowest BCUT2D eigenvalue weighted by molar-refractivity contribution is -0.142. The van der Waals surface area contributed by atoms with Gasteiger partial charge in [0.2, 0.25) is 0 Å². The highest BCUT2D eigenvalue weighted by molar-refractivity contribution is 9.10. The number of hydrogen-bond acceptors (Lipinski definition) is 4. The number of carboxylic acid groups (broad SMARTS) is 1. The summed E-state index contributed by atoms with van der Waals surface area (Å²) in [5.41, 5.74) is 0.470. The molecule has 0 aromatic heterocycles. The van der Waals surface area contributed by atoms with E-state index in [0.29, 0.717) is 47.6 Å². The molecule has 0 amide bonds. The molecule has 0 radical (unpaired) electrons. The number of benzene rings is 1. The van der Waals surface area contributed by atoms with Crippen LogP contribution in [0, 0.1) is 11.8 Å². The SMILES string of the molecule is O=C(O)C1CCCC1C(=O)c1cc2c(cc1Br)OCCO2. The van der Waals surface area contributed by atoms with Crippen LogP contribution in [0.25, 0.3) is 0 Å². The molecule has 1 saturated carbocycles. The van der Waals surface area contributed by atoms with E-state index in [0.717, 1.165) is 6.42 Å². The highest BCUT2D eigenvalue weighted by Gasteiger charge is 2.38. The van der Waals surface area contributed by atoms with Crippen molar-refractivity contribution in [2.75, 3.05) is 13.2 Å². The number of Topliss-reactive ketones (excluding diaryl/α,β-unsaturated/α-hetero) is 1. The largest absolute Gasteiger partial charge is 0.486 e. The summed E-state index contributed by atoms with van der Waals surface area (Å²) in [4.78, 5) is 23.9. The van der Waals surface area contributed by atoms with Gasteiger partial charge < -0.3 is 14.6 Å². The van der Waals surface area contributed by atoms with Gasteiger partial charge in [-0.25, -0.2) is 0 Å². The summed E-state index contributed by atoms with van der Waals surface area (Å²) in [6, 6.07) is 3.37. The molecule has 112 valence electrons. The van der Waals surface area contributed by atoms with E-state index in [1.807, 2.05) is 0 Å². The fourth-order valence-corrected chi connectivity index (χ4v) is 3.54. The fourth-order valence-electron chi connectivity index (χ4n) is 3.02. The molecule has 1 aliphatic carbocycles. The Morgan fingerprint density at radius 3 is 2.38 bits per heavy atom. The van der Waals surface area contributed by atoms with Crippen LogP contribution < -0.4 is 9.47 Å². The van der Waals surface area contributed by atoms with Gasteiger partial charge >= 0.3 is 5.97 Å². The first-order valence-corrected chi connectivity index (χ1v) is 7.73. The average molecular weight is 355 g/mol. The maximum absolute atomic E-state index is 12.7. The molecular formula is C15H15BrO5. The second kappa shape index (κ2) is 5.67. The Bertz CT molecular complexity index is 598. The van der Waals surface area contributed by atoms with E-state index in [4.69, 9.17) is 9.47 Å². The Kier molecular flexibility index (Phi) is 3.89. The highest BCUT2D eigenvalue weighted by atomic mass is 79.9. The molecule has 1 aromatic rings. The second-order valence-electron chi connectivity index (χ2n) is 5.32. The molecule has 5 nitrogen and oxygen atoms in total. The Balaban J connectivity index is 1.92. The fraction of sp³-hybridized carbons (Fsp3) is 0.467. The number of halogens is 1. The van der Waals surface area contributed by atoms with E-state index in [2.05, 4.69) is 15.9 Å². The minimum Gasteiger partial charge on any atom is -0.486 e. The molecule has 21 heavy (non-hydrogen) atoms. The summed E-state index contributed by atoms with van der Waals surface area (Å²) in [6.45, 7) is 0.930. The molecular weight excluding hydrogens is 340 g/mol. The third kappa shape index (κ3) is 2.64. The number of carboxylic acids is 1. The molecule has 6 heteroatoms. The summed E-state index contributed by atoms with van der Waals surface area (Å²) >= 11 is 3.38. The molecule has 2 atom stereocenters. The average Bonchev–Trinajstić information content (AvgIpc) is 2.95. The number of carbonyl (C=O) groups is 2. The van der Waals surface area contributed by atoms with Crippen molar-refractivity contribution in [3.8, 4) is 11.5 Å². The second-order valence-corrected chi connectivity index (χ2v) is 6.18. The van der Waals surface area contributed by atoms with Gasteiger partial charge in [-0.2, -0.15) is 0 Å². The zero-order valence-electron chi connectivity index (χ0n) is 11.3. The van der Waals surface area contributed by atoms with Gasteiger partial charge in [-0.3, -0.25) is 9.59 Å². The van der Waals surface area contributed by atoms with Crippen molar-refractivity contribution in [2.45, 2.75) is 19.3 Å². The first-order chi connectivity index (χ1) is 10.1. The quantitative estimate of drug-likeness (QED) is 0.844. The minimum absolute atomic E-state index is 0.135. The van der Waals surface area contributed by atoms with Crippen molar-refractivity contribution in [2.24, 2.45) is 11.8 Å². The number of fused-ring (bicyclic) bond motifs is 1. The summed E-state index contributed by atoms with van der Waals surface area (Å²) < 4.78 is 11.6. The summed E-state index contributed by atoms with van der Waals surface area (Å²) in [5, 5.41) is 9.23. The number of carbonyl (C=O) groups excluding carboxylic acids is 1. The zero-order chi connectivity index (χ0) is 15.0. The standard InChI is InChI=1S/C15H15BrO5/c16-11-7-13-12(20-4-5-21-13)6-10(11)14(17)8-2-1-3-9(8)15(18)19/h6-9H,1-5H2,(H,18,19). The molecule has 3 rings (SSSR count). The predicted octanol–water partition coefficient (Wildman–Crippen LogP) is 2.90. The predicted molar refractivity (Wildman–Crippen MR) is 77.9 cm³/mol. The normalized spacial score (nSPS) is 23.9. The van der Waals surface area contributed by atoms with Crippen molar-refractivity contribution in [3.63, 3.8) is 0 Å². The van der Waals surface area contributed by atoms with Gasteiger partial charge in [0.15, 0.2) is 17.3 Å². The van der Waals surface area contributed by atoms with Gasteiger partial charge in [-0.15, -0.1) is 0 Å². The number of hydrogen-bond donors (Lipinski definition) is 1. The molecule has 2 unspecified atom stereocenters. The van der Waals surface area contributed by atoms with Crippen LogP contribution in [0.3, 0.4) is 0 Å². The summed E-state index contributed by atoms with van der Waals surface area (Å²) in [7, 11) is 0. The van der Waals surface area contributed by atoms with Crippen molar-refractivity contribution in [3.05, 3.63) is 22.2 Å². The van der Waals surface area contributed by atoms with Crippen LogP contribution in [0.15, 0.2) is 16.6 Å². The van der Waals surface area contributed by atoms with Crippen molar-refractivity contribution in [1.82, 2.24) is 0 Å². The molecule has 0 bridgehead atoms. The first-order valence-electron chi connectivity index (χ1n) is 6.94. The van der Waals surface area contributed by atoms with Crippen molar-refractivity contribution < 1.29 is 24.2 Å². The van der Waals surface area contributed by atoms with Gasteiger partial charge in [-0.1, -0.05) is 6.42 Å². The van der Waals surface area contributed by atoms with Gasteiger partial charge in [0, 0.05) is 16.0 Å². The first kappa shape index (κ1) is 14.4. The lowest BCUT2D eigenvalue weighted by Gasteiger charge is -2.21. The van der Waals surface area contributed by atoms with E-state index in [1.165, 1.54) is 0 Å². The van der Waals surface area contributed by atoms with Crippen LogP contribution >= 0.6 is 15.9 Å². The highest BCUT2D eigenvalue weighted by Crippen LogP contribution is 2.40. The molecule has 1 aliphatic heterocycles. The molecule has 2 aliphatic rings. The summed E-state index contributed by atoms with van der Waals surface area (Å²) in [5.74, 6) is -0.925. The smallest absolute Gasteiger partial charge is 0.307 e. The van der Waals surface area contributed by atoms with E-state index in [-0.39, 0.29) is 5.78 Å². The maximum atomic E-state index is 12.7. The molecule has 1 heterocycles. The van der Waals surface area contributed by atoms with Crippen molar-refractivity contribution >= 4 is 27.7 Å². The van der Waals surface area contributed by atoms with Crippen LogP contribution in [0.4, 0.5) is 0 Å². The number of aliphatic carboxylic acids is 1. The van der Waals surface area contributed by atoms with Gasteiger partial charge in [0.05, 0.1) is 5.92 Å². The van der Waals surface area contributed by atoms with Gasteiger partial charge in [-0.05, 0) is 40.9 Å². The van der Waals surface area contributed by atoms with Crippen LogP contribution in [-0.4, -0.2) is 30.1 Å². The third-order valence-electron chi connectivity index (χ3n) is 4.07. The van der Waals surface area contributed by atoms with Gasteiger partial charge in [0.25, 0.3) is 0 Å². The van der Waals surface area contributed by atoms with Crippen LogP contribution in [0.1, 0.15) is 29.6 Å².